The van der Waals surface area contributed by atoms with Gasteiger partial charge in [0.05, 0.1) is 0 Å². The number of hydrogen-bond donors (Lipinski definition) is 0. The molecule has 0 amide bonds. The molecule has 0 bridgehead atoms. The van der Waals surface area contributed by atoms with Gasteiger partial charge in [-0.1, -0.05) is 13.8 Å². The molecule has 0 rings (SSSR count). The molecule has 0 aliphatic heterocycles. The van der Waals surface area contributed by atoms with Crippen molar-refractivity contribution in [3.05, 3.63) is 0 Å². The molecule has 0 atom stereocenters. The van der Waals surface area contributed by atoms with Crippen molar-refractivity contribution in [3.63, 3.8) is 0 Å². The Balaban J connectivity index is 2.99. The fraction of sp³-hybridized carbons (Fsp3) is 1.00. The molecule has 0 fully saturated rings. The van der Waals surface area contributed by atoms with Crippen LogP contribution < -0.4 is 5.32 Å². The molecule has 0 aliphatic rings. The fourth-order valence-corrected chi connectivity index (χ4v) is 0.654. The Morgan fingerprint density at radius 1 is 1.29 bits per heavy atom. The van der Waals surface area contributed by atoms with Crippen molar-refractivity contribution < 1.29 is 0 Å². The highest BCUT2D eigenvalue weighted by Crippen LogP contribution is 1.94. The molecule has 0 saturated heterocycles. The topological polar surface area (TPSA) is 14.1 Å². The van der Waals surface area contributed by atoms with Gasteiger partial charge in [0.2, 0.25) is 0 Å². The van der Waals surface area contributed by atoms with Crippen LogP contribution in [0.1, 0.15) is 26.7 Å². The van der Waals surface area contributed by atoms with Crippen LogP contribution in [-0.2, 0) is 0 Å². The van der Waals surface area contributed by atoms with Gasteiger partial charge in [-0.05, 0) is 12.8 Å². The van der Waals surface area contributed by atoms with Crippen molar-refractivity contribution in [2.24, 2.45) is 0 Å². The third-order valence-electron chi connectivity index (χ3n) is 1.31. The largest absolute Gasteiger partial charge is 0.242 e. The second kappa shape index (κ2) is 4.13. The highest BCUT2D eigenvalue weighted by Gasteiger charge is 1.96. The molecule has 0 spiro atoms. The summed E-state index contributed by atoms with van der Waals surface area (Å²) in [5, 5.41) is 4.12. The van der Waals surface area contributed by atoms with Crippen LogP contribution in [0.2, 0.25) is 0 Å². The number of rotatable bonds is 3. The van der Waals surface area contributed by atoms with Gasteiger partial charge in [-0.15, -0.1) is 0 Å². The normalized spacial score (nSPS) is 10.3. The van der Waals surface area contributed by atoms with E-state index in [0.29, 0.717) is 6.04 Å². The quantitative estimate of drug-likeness (QED) is 0.509. The molecule has 0 unspecified atom stereocenters. The van der Waals surface area contributed by atoms with E-state index in [1.54, 1.807) is 0 Å². The number of hydrogen-bond acceptors (Lipinski definition) is 0. The van der Waals surface area contributed by atoms with Gasteiger partial charge in [-0.3, -0.25) is 0 Å². The summed E-state index contributed by atoms with van der Waals surface area (Å²) < 4.78 is 0. The van der Waals surface area contributed by atoms with Crippen molar-refractivity contribution in [2.45, 2.75) is 32.7 Å². The van der Waals surface area contributed by atoms with Gasteiger partial charge in [0.1, 0.15) is 0 Å². The smallest absolute Gasteiger partial charge is 0.0237 e. The van der Waals surface area contributed by atoms with Crippen LogP contribution in [0.4, 0.5) is 0 Å². The third kappa shape index (κ3) is 2.63. The molecule has 0 aromatic heterocycles. The zero-order valence-corrected chi connectivity index (χ0v) is 5.44. The molecule has 1 nitrogen and oxygen atoms in total. The van der Waals surface area contributed by atoms with Crippen LogP contribution >= 0.6 is 0 Å². The van der Waals surface area contributed by atoms with Gasteiger partial charge in [0.25, 0.3) is 0 Å². The van der Waals surface area contributed by atoms with Crippen molar-refractivity contribution in [3.8, 4) is 0 Å². The maximum absolute atomic E-state index is 4.12. The van der Waals surface area contributed by atoms with E-state index in [1.807, 2.05) is 7.05 Å². The Morgan fingerprint density at radius 3 is 1.71 bits per heavy atom. The summed E-state index contributed by atoms with van der Waals surface area (Å²) >= 11 is 0. The second-order valence-electron chi connectivity index (χ2n) is 1.73. The summed E-state index contributed by atoms with van der Waals surface area (Å²) in [5.74, 6) is 0. The zero-order chi connectivity index (χ0) is 5.70. The Kier molecular flexibility index (Phi) is 4.10. The lowest BCUT2D eigenvalue weighted by Gasteiger charge is -2.05. The van der Waals surface area contributed by atoms with Crippen molar-refractivity contribution in [1.82, 2.24) is 5.32 Å². The van der Waals surface area contributed by atoms with E-state index in [4.69, 9.17) is 0 Å². The van der Waals surface area contributed by atoms with Crippen LogP contribution in [0.25, 0.3) is 0 Å². The molecule has 0 N–H and O–H groups in total. The number of nitrogens with zero attached hydrogens (tertiary/aromatic N) is 1. The standard InChI is InChI=1S/C6H14N/c1-4-6(5-2)7-3/h6H,4-5H2,1-3H3. The first-order valence-corrected chi connectivity index (χ1v) is 2.94. The van der Waals surface area contributed by atoms with E-state index in [0.717, 1.165) is 0 Å². The lowest BCUT2D eigenvalue weighted by atomic mass is 10.2. The van der Waals surface area contributed by atoms with Gasteiger partial charge in [0, 0.05) is 13.1 Å². The SMILES string of the molecule is CCC(CC)[N]C. The summed E-state index contributed by atoms with van der Waals surface area (Å²) in [6.07, 6.45) is 2.38. The summed E-state index contributed by atoms with van der Waals surface area (Å²) in [5.41, 5.74) is 0. The van der Waals surface area contributed by atoms with E-state index < -0.39 is 0 Å². The Bertz CT molecular complexity index is 25.7. The molecule has 43 valence electrons. The molecule has 0 aromatic carbocycles. The minimum absolute atomic E-state index is 0.611. The van der Waals surface area contributed by atoms with Crippen LogP contribution in [0.5, 0.6) is 0 Å². The minimum atomic E-state index is 0.611. The van der Waals surface area contributed by atoms with Gasteiger partial charge in [-0.25, -0.2) is 5.32 Å². The van der Waals surface area contributed by atoms with Crippen LogP contribution in [0, 0.1) is 0 Å². The highest BCUT2D eigenvalue weighted by molar-refractivity contribution is 4.55. The Morgan fingerprint density at radius 2 is 1.71 bits per heavy atom. The van der Waals surface area contributed by atoms with Crippen LogP contribution in [0.3, 0.4) is 0 Å². The fourth-order valence-electron chi connectivity index (χ4n) is 0.654. The zero-order valence-electron chi connectivity index (χ0n) is 5.44. The van der Waals surface area contributed by atoms with E-state index in [-0.39, 0.29) is 0 Å². The average molecular weight is 100 g/mol. The molecular formula is C6H14N. The molecular weight excluding hydrogens is 86.1 g/mol. The Hall–Kier alpha value is -0.0400. The molecule has 0 heterocycles. The van der Waals surface area contributed by atoms with Gasteiger partial charge in [-0.2, -0.15) is 0 Å². The van der Waals surface area contributed by atoms with E-state index in [9.17, 15) is 0 Å². The van der Waals surface area contributed by atoms with Gasteiger partial charge >= 0.3 is 0 Å². The lowest BCUT2D eigenvalue weighted by molar-refractivity contribution is 0.521. The lowest BCUT2D eigenvalue weighted by Crippen LogP contribution is -2.15. The summed E-state index contributed by atoms with van der Waals surface area (Å²) in [6.45, 7) is 4.34. The van der Waals surface area contributed by atoms with Gasteiger partial charge in [0.15, 0.2) is 0 Å². The van der Waals surface area contributed by atoms with Crippen molar-refractivity contribution in [2.75, 3.05) is 7.05 Å². The van der Waals surface area contributed by atoms with E-state index in [2.05, 4.69) is 19.2 Å². The molecule has 0 aromatic rings. The summed E-state index contributed by atoms with van der Waals surface area (Å²) in [4.78, 5) is 0. The molecule has 1 radical (unpaired) electrons. The first-order valence-electron chi connectivity index (χ1n) is 2.94. The van der Waals surface area contributed by atoms with E-state index >= 15 is 0 Å². The first kappa shape index (κ1) is 6.96. The predicted molar refractivity (Wildman–Crippen MR) is 32.4 cm³/mol. The third-order valence-corrected chi connectivity index (χ3v) is 1.31. The van der Waals surface area contributed by atoms with Crippen molar-refractivity contribution in [1.29, 1.82) is 0 Å². The molecule has 1 heteroatoms. The summed E-state index contributed by atoms with van der Waals surface area (Å²) in [7, 11) is 1.89. The minimum Gasteiger partial charge on any atom is -0.242 e. The second-order valence-corrected chi connectivity index (χ2v) is 1.73. The maximum atomic E-state index is 4.12. The molecule has 7 heavy (non-hydrogen) atoms. The average Bonchev–Trinajstić information content (AvgIpc) is 1.72. The molecule has 0 aliphatic carbocycles. The maximum Gasteiger partial charge on any atom is 0.0237 e. The van der Waals surface area contributed by atoms with Crippen LogP contribution in [0.15, 0.2) is 0 Å². The van der Waals surface area contributed by atoms with E-state index in [1.165, 1.54) is 12.8 Å². The highest BCUT2D eigenvalue weighted by atomic mass is 14.9. The van der Waals surface area contributed by atoms with Gasteiger partial charge < -0.3 is 0 Å². The Labute approximate surface area is 46.1 Å². The van der Waals surface area contributed by atoms with Crippen LogP contribution in [-0.4, -0.2) is 13.1 Å². The first-order chi connectivity index (χ1) is 3.35. The molecule has 0 saturated carbocycles. The van der Waals surface area contributed by atoms with Crippen molar-refractivity contribution >= 4 is 0 Å². The predicted octanol–water partition coefficient (Wildman–Crippen LogP) is 1.41. The monoisotopic (exact) mass is 100 g/mol. The summed E-state index contributed by atoms with van der Waals surface area (Å²) in [6, 6.07) is 0.611.